The molecule has 0 unspecified atom stereocenters. The van der Waals surface area contributed by atoms with Crippen LogP contribution in [0.25, 0.3) is 0 Å². The van der Waals surface area contributed by atoms with Crippen LogP contribution in [-0.4, -0.2) is 31.6 Å². The van der Waals surface area contributed by atoms with Gasteiger partial charge in [-0.3, -0.25) is 9.69 Å². The van der Waals surface area contributed by atoms with Crippen molar-refractivity contribution in [3.05, 3.63) is 94.3 Å². The van der Waals surface area contributed by atoms with Gasteiger partial charge in [-0.2, -0.15) is 13.2 Å². The van der Waals surface area contributed by atoms with Crippen LogP contribution in [0.4, 0.5) is 17.6 Å². The maximum atomic E-state index is 14.2. The molecular weight excluding hydrogens is 488 g/mol. The second-order valence-corrected chi connectivity index (χ2v) is 8.98. The minimum Gasteiger partial charge on any atom is -0.493 e. The molecule has 0 bridgehead atoms. The summed E-state index contributed by atoms with van der Waals surface area (Å²) in [5.74, 6) is -0.728. The van der Waals surface area contributed by atoms with E-state index >= 15 is 0 Å². The average molecular weight is 517 g/mol. The fraction of sp³-hybridized carbons (Fsp3) is 0.321. The number of carbonyl (C=O) groups is 1. The standard InChI is InChI=1S/C28H28F4N2O3/c1-36-24-15-19-12-13-34(26(27(33)35)18-6-4-3-5-7-18)23(20(19)16-25(24)37-2)11-9-17-8-10-21(22(29)14-17)28(30,31)32/h3-8,10,14-16,23,26H,9,11-13H2,1-2H3,(H2,33,35)/t23-,26+/m0/s1. The number of benzene rings is 3. The fourth-order valence-electron chi connectivity index (χ4n) is 5.08. The summed E-state index contributed by atoms with van der Waals surface area (Å²) in [6, 6.07) is 14.9. The van der Waals surface area contributed by atoms with Crippen molar-refractivity contribution < 1.29 is 31.8 Å². The maximum absolute atomic E-state index is 14.2. The Morgan fingerprint density at radius 2 is 1.73 bits per heavy atom. The summed E-state index contributed by atoms with van der Waals surface area (Å²) in [4.78, 5) is 14.7. The van der Waals surface area contributed by atoms with Crippen molar-refractivity contribution in [3.8, 4) is 11.5 Å². The molecule has 37 heavy (non-hydrogen) atoms. The molecule has 0 saturated heterocycles. The summed E-state index contributed by atoms with van der Waals surface area (Å²) in [6.45, 7) is 0.511. The van der Waals surface area contributed by atoms with Crippen molar-refractivity contribution in [1.29, 1.82) is 0 Å². The molecule has 0 aliphatic carbocycles. The molecule has 3 aromatic carbocycles. The Labute approximate surface area is 212 Å². The Balaban J connectivity index is 1.73. The number of ether oxygens (including phenoxy) is 2. The number of carbonyl (C=O) groups excluding carboxylic acids is 1. The Hall–Kier alpha value is -3.59. The first kappa shape index (κ1) is 26.5. The van der Waals surface area contributed by atoms with Crippen LogP contribution >= 0.6 is 0 Å². The van der Waals surface area contributed by atoms with Crippen LogP contribution in [0.2, 0.25) is 0 Å². The molecule has 1 amide bonds. The van der Waals surface area contributed by atoms with E-state index in [0.717, 1.165) is 28.8 Å². The fourth-order valence-corrected chi connectivity index (χ4v) is 5.08. The average Bonchev–Trinajstić information content (AvgIpc) is 2.86. The van der Waals surface area contributed by atoms with E-state index in [0.29, 0.717) is 36.4 Å². The van der Waals surface area contributed by atoms with E-state index < -0.39 is 29.5 Å². The van der Waals surface area contributed by atoms with Crippen LogP contribution in [-0.2, 0) is 23.8 Å². The number of aryl methyl sites for hydroxylation is 1. The number of fused-ring (bicyclic) bond motifs is 1. The lowest BCUT2D eigenvalue weighted by Gasteiger charge is -2.41. The lowest BCUT2D eigenvalue weighted by molar-refractivity contribution is -0.140. The van der Waals surface area contributed by atoms with E-state index in [1.54, 1.807) is 7.11 Å². The predicted molar refractivity (Wildman–Crippen MR) is 131 cm³/mol. The number of rotatable bonds is 8. The number of nitrogens with two attached hydrogens (primary N) is 1. The molecule has 0 aromatic heterocycles. The number of amides is 1. The molecule has 9 heteroatoms. The molecule has 0 fully saturated rings. The predicted octanol–water partition coefficient (Wildman–Crippen LogP) is 5.62. The van der Waals surface area contributed by atoms with Crippen molar-refractivity contribution >= 4 is 5.91 Å². The second-order valence-electron chi connectivity index (χ2n) is 8.98. The molecule has 196 valence electrons. The van der Waals surface area contributed by atoms with Gasteiger partial charge in [0.1, 0.15) is 11.9 Å². The third-order valence-electron chi connectivity index (χ3n) is 6.81. The molecule has 3 aromatic rings. The minimum atomic E-state index is -4.76. The quantitative estimate of drug-likeness (QED) is 0.395. The molecule has 4 rings (SSSR count). The van der Waals surface area contributed by atoms with E-state index in [-0.39, 0.29) is 12.5 Å². The summed E-state index contributed by atoms with van der Waals surface area (Å²) < 4.78 is 64.3. The molecule has 0 saturated carbocycles. The van der Waals surface area contributed by atoms with E-state index in [1.165, 1.54) is 13.2 Å². The van der Waals surface area contributed by atoms with Gasteiger partial charge in [0.25, 0.3) is 0 Å². The van der Waals surface area contributed by atoms with Gasteiger partial charge in [-0.25, -0.2) is 4.39 Å². The SMILES string of the molecule is COc1cc2c(cc1OC)[C@H](CCc1ccc(C(F)(F)F)c(F)c1)N([C@@H](C(N)=O)c1ccccc1)CC2. The Bertz CT molecular complexity index is 1260. The van der Waals surface area contributed by atoms with E-state index in [2.05, 4.69) is 0 Å². The number of hydrogen-bond donors (Lipinski definition) is 1. The van der Waals surface area contributed by atoms with E-state index in [1.807, 2.05) is 47.4 Å². The first-order valence-electron chi connectivity index (χ1n) is 11.8. The highest BCUT2D eigenvalue weighted by Gasteiger charge is 2.37. The minimum absolute atomic E-state index is 0.282. The zero-order valence-electron chi connectivity index (χ0n) is 20.5. The van der Waals surface area contributed by atoms with Crippen LogP contribution in [0.15, 0.2) is 60.7 Å². The molecule has 5 nitrogen and oxygen atoms in total. The Morgan fingerprint density at radius 3 is 2.32 bits per heavy atom. The number of alkyl halides is 3. The monoisotopic (exact) mass is 516 g/mol. The first-order valence-corrected chi connectivity index (χ1v) is 11.8. The van der Waals surface area contributed by atoms with Gasteiger partial charge >= 0.3 is 6.18 Å². The van der Waals surface area contributed by atoms with Crippen molar-refractivity contribution in [3.63, 3.8) is 0 Å². The zero-order chi connectivity index (χ0) is 26.7. The second kappa shape index (κ2) is 10.8. The summed E-state index contributed by atoms with van der Waals surface area (Å²) in [6.07, 6.45) is -3.45. The van der Waals surface area contributed by atoms with Crippen LogP contribution in [0.3, 0.4) is 0 Å². The summed E-state index contributed by atoms with van der Waals surface area (Å²) in [5, 5.41) is 0. The van der Waals surface area contributed by atoms with Gasteiger partial charge in [-0.05, 0) is 65.8 Å². The Kier molecular flexibility index (Phi) is 7.73. The molecule has 2 N–H and O–H groups in total. The van der Waals surface area contributed by atoms with Gasteiger partial charge in [0.15, 0.2) is 11.5 Å². The number of methoxy groups -OCH3 is 2. The van der Waals surface area contributed by atoms with Gasteiger partial charge in [0.2, 0.25) is 5.91 Å². The molecule has 1 heterocycles. The highest BCUT2D eigenvalue weighted by Crippen LogP contribution is 2.43. The number of halogens is 4. The van der Waals surface area contributed by atoms with E-state index in [4.69, 9.17) is 15.2 Å². The normalized spacial score (nSPS) is 16.6. The third kappa shape index (κ3) is 5.56. The van der Waals surface area contributed by atoms with Gasteiger partial charge in [-0.15, -0.1) is 0 Å². The van der Waals surface area contributed by atoms with Gasteiger partial charge in [0, 0.05) is 12.6 Å². The van der Waals surface area contributed by atoms with Crippen LogP contribution in [0, 0.1) is 5.82 Å². The number of primary amides is 1. The summed E-state index contributed by atoms with van der Waals surface area (Å²) in [7, 11) is 3.08. The molecule has 0 radical (unpaired) electrons. The van der Waals surface area contributed by atoms with Crippen molar-refractivity contribution in [2.45, 2.75) is 37.5 Å². The van der Waals surface area contributed by atoms with Crippen LogP contribution < -0.4 is 15.2 Å². The molecular formula is C28H28F4N2O3. The highest BCUT2D eigenvalue weighted by molar-refractivity contribution is 5.81. The summed E-state index contributed by atoms with van der Waals surface area (Å²) >= 11 is 0. The third-order valence-corrected chi connectivity index (χ3v) is 6.81. The summed E-state index contributed by atoms with van der Waals surface area (Å²) in [5.41, 5.74) is 7.67. The number of hydrogen-bond acceptors (Lipinski definition) is 4. The zero-order valence-corrected chi connectivity index (χ0v) is 20.5. The largest absolute Gasteiger partial charge is 0.493 e. The van der Waals surface area contributed by atoms with Crippen LogP contribution in [0.5, 0.6) is 11.5 Å². The smallest absolute Gasteiger partial charge is 0.419 e. The first-order chi connectivity index (χ1) is 17.6. The highest BCUT2D eigenvalue weighted by atomic mass is 19.4. The Morgan fingerprint density at radius 1 is 1.05 bits per heavy atom. The maximum Gasteiger partial charge on any atom is 0.419 e. The lowest BCUT2D eigenvalue weighted by Crippen LogP contribution is -2.44. The van der Waals surface area contributed by atoms with Crippen LogP contribution in [0.1, 0.15) is 46.3 Å². The molecule has 2 atom stereocenters. The van der Waals surface area contributed by atoms with Gasteiger partial charge in [0.05, 0.1) is 19.8 Å². The van der Waals surface area contributed by atoms with E-state index in [9.17, 15) is 22.4 Å². The van der Waals surface area contributed by atoms with Crippen molar-refractivity contribution in [2.24, 2.45) is 5.73 Å². The lowest BCUT2D eigenvalue weighted by atomic mass is 9.86. The molecule has 1 aliphatic rings. The van der Waals surface area contributed by atoms with Crippen molar-refractivity contribution in [1.82, 2.24) is 4.90 Å². The molecule has 0 spiro atoms. The van der Waals surface area contributed by atoms with Gasteiger partial charge in [-0.1, -0.05) is 36.4 Å². The molecule has 1 aliphatic heterocycles. The number of nitrogens with zero attached hydrogens (tertiary/aromatic N) is 1. The van der Waals surface area contributed by atoms with Gasteiger partial charge < -0.3 is 15.2 Å². The topological polar surface area (TPSA) is 64.8 Å². The van der Waals surface area contributed by atoms with Crippen molar-refractivity contribution in [2.75, 3.05) is 20.8 Å².